The molecule has 0 spiro atoms. The minimum atomic E-state index is -4.59. The van der Waals surface area contributed by atoms with Crippen LogP contribution < -0.4 is 5.32 Å². The summed E-state index contributed by atoms with van der Waals surface area (Å²) in [5, 5.41) is 6.00. The zero-order valence-electron chi connectivity index (χ0n) is 14.2. The Morgan fingerprint density at radius 1 is 1.22 bits per heavy atom. The van der Waals surface area contributed by atoms with Crippen molar-refractivity contribution in [1.29, 1.82) is 0 Å². The normalized spacial score (nSPS) is 15.7. The van der Waals surface area contributed by atoms with E-state index in [0.717, 1.165) is 19.2 Å². The number of amides is 1. The van der Waals surface area contributed by atoms with E-state index in [1.807, 2.05) is 0 Å². The molecule has 2 heterocycles. The lowest BCUT2D eigenvalue weighted by Gasteiger charge is -2.25. The second-order valence-corrected chi connectivity index (χ2v) is 6.05. The van der Waals surface area contributed by atoms with Crippen LogP contribution in [0.4, 0.5) is 17.6 Å². The number of hydrogen-bond donors (Lipinski definition) is 1. The minimum Gasteiger partial charge on any atom is -0.379 e. The molecule has 146 valence electrons. The first-order valence-electron chi connectivity index (χ1n) is 8.22. The lowest BCUT2D eigenvalue weighted by atomic mass is 10.1. The Morgan fingerprint density at radius 3 is 2.67 bits per heavy atom. The highest BCUT2D eigenvalue weighted by atomic mass is 19.4. The zero-order valence-corrected chi connectivity index (χ0v) is 14.2. The van der Waals surface area contributed by atoms with E-state index in [4.69, 9.17) is 9.26 Å². The van der Waals surface area contributed by atoms with E-state index in [-0.39, 0.29) is 11.3 Å². The highest BCUT2D eigenvalue weighted by Crippen LogP contribution is 2.30. The van der Waals surface area contributed by atoms with Gasteiger partial charge in [0.2, 0.25) is 0 Å². The molecule has 10 heteroatoms. The van der Waals surface area contributed by atoms with Crippen molar-refractivity contribution in [3.63, 3.8) is 0 Å². The summed E-state index contributed by atoms with van der Waals surface area (Å²) in [6, 6.07) is 3.49. The number of nitrogens with one attached hydrogen (secondary N) is 1. The molecule has 1 fully saturated rings. The number of morpholine rings is 1. The molecule has 1 aromatic carbocycles. The Balaban J connectivity index is 1.60. The predicted molar refractivity (Wildman–Crippen MR) is 85.2 cm³/mol. The molecule has 1 saturated heterocycles. The maximum Gasteiger partial charge on any atom is 0.416 e. The van der Waals surface area contributed by atoms with Crippen molar-refractivity contribution in [2.75, 3.05) is 26.3 Å². The largest absolute Gasteiger partial charge is 0.416 e. The first-order valence-corrected chi connectivity index (χ1v) is 8.22. The number of ether oxygens (including phenoxy) is 1. The molecule has 0 bridgehead atoms. The Kier molecular flexibility index (Phi) is 5.76. The number of rotatable bonds is 5. The van der Waals surface area contributed by atoms with Gasteiger partial charge in [-0.1, -0.05) is 5.16 Å². The third kappa shape index (κ3) is 5.04. The van der Waals surface area contributed by atoms with Gasteiger partial charge >= 0.3 is 6.18 Å². The molecule has 2 aromatic rings. The molecule has 6 nitrogen and oxygen atoms in total. The van der Waals surface area contributed by atoms with Crippen LogP contribution in [-0.4, -0.2) is 42.3 Å². The van der Waals surface area contributed by atoms with Crippen molar-refractivity contribution in [3.05, 3.63) is 52.7 Å². The molecule has 1 aromatic heterocycles. The van der Waals surface area contributed by atoms with Gasteiger partial charge in [-0.3, -0.25) is 9.69 Å². The van der Waals surface area contributed by atoms with Crippen LogP contribution >= 0.6 is 0 Å². The second-order valence-electron chi connectivity index (χ2n) is 6.05. The summed E-state index contributed by atoms with van der Waals surface area (Å²) in [6.45, 7) is 2.76. The van der Waals surface area contributed by atoms with Gasteiger partial charge in [0.25, 0.3) is 5.91 Å². The average Bonchev–Trinajstić information content (AvgIpc) is 3.09. The summed E-state index contributed by atoms with van der Waals surface area (Å²) in [7, 11) is 0. The molecular formula is C17H17F4N3O3. The summed E-state index contributed by atoms with van der Waals surface area (Å²) < 4.78 is 62.2. The van der Waals surface area contributed by atoms with E-state index in [1.54, 1.807) is 0 Å². The van der Waals surface area contributed by atoms with Gasteiger partial charge in [-0.15, -0.1) is 0 Å². The summed E-state index contributed by atoms with van der Waals surface area (Å²) in [5.41, 5.74) is -1.27. The number of benzene rings is 1. The van der Waals surface area contributed by atoms with Crippen molar-refractivity contribution < 1.29 is 31.6 Å². The van der Waals surface area contributed by atoms with Crippen LogP contribution in [0.25, 0.3) is 0 Å². The SMILES string of the molecule is O=C(NCc1cc(C(F)(F)F)ccc1F)c1cc(CN2CCOCC2)on1. The van der Waals surface area contributed by atoms with E-state index in [9.17, 15) is 22.4 Å². The molecule has 3 rings (SSSR count). The molecular weight excluding hydrogens is 370 g/mol. The van der Waals surface area contributed by atoms with Crippen LogP contribution in [0.1, 0.15) is 27.4 Å². The lowest BCUT2D eigenvalue weighted by Crippen LogP contribution is -2.35. The third-order valence-corrected chi connectivity index (χ3v) is 4.09. The molecule has 1 amide bonds. The van der Waals surface area contributed by atoms with Crippen molar-refractivity contribution in [1.82, 2.24) is 15.4 Å². The van der Waals surface area contributed by atoms with E-state index >= 15 is 0 Å². The number of hydrogen-bond acceptors (Lipinski definition) is 5. The van der Waals surface area contributed by atoms with Gasteiger partial charge in [-0.05, 0) is 18.2 Å². The standard InChI is InChI=1S/C17H17F4N3O3/c18-14-2-1-12(17(19,20)21)7-11(14)9-22-16(25)15-8-13(27-23-15)10-24-3-5-26-6-4-24/h1-2,7-8H,3-6,9-10H2,(H,22,25). The van der Waals surface area contributed by atoms with Crippen molar-refractivity contribution in [2.45, 2.75) is 19.3 Å². The van der Waals surface area contributed by atoms with Crippen molar-refractivity contribution in [3.8, 4) is 0 Å². The zero-order chi connectivity index (χ0) is 19.4. The maximum atomic E-state index is 13.7. The lowest BCUT2D eigenvalue weighted by molar-refractivity contribution is -0.137. The number of nitrogens with zero attached hydrogens (tertiary/aromatic N) is 2. The van der Waals surface area contributed by atoms with E-state index < -0.39 is 30.0 Å². The van der Waals surface area contributed by atoms with Gasteiger partial charge in [0.05, 0.1) is 25.3 Å². The Morgan fingerprint density at radius 2 is 1.96 bits per heavy atom. The van der Waals surface area contributed by atoms with E-state index in [0.29, 0.717) is 37.7 Å². The molecule has 1 aliphatic heterocycles. The van der Waals surface area contributed by atoms with E-state index in [2.05, 4.69) is 15.4 Å². The third-order valence-electron chi connectivity index (χ3n) is 4.09. The van der Waals surface area contributed by atoms with Crippen LogP contribution in [0.3, 0.4) is 0 Å². The Bertz CT molecular complexity index is 801. The van der Waals surface area contributed by atoms with Crippen molar-refractivity contribution >= 4 is 5.91 Å². The summed E-state index contributed by atoms with van der Waals surface area (Å²) in [5.74, 6) is -1.02. The van der Waals surface area contributed by atoms with Crippen LogP contribution in [0.2, 0.25) is 0 Å². The van der Waals surface area contributed by atoms with Gasteiger partial charge in [-0.2, -0.15) is 13.2 Å². The van der Waals surface area contributed by atoms with Gasteiger partial charge in [0.15, 0.2) is 11.5 Å². The van der Waals surface area contributed by atoms with Crippen molar-refractivity contribution in [2.24, 2.45) is 0 Å². The fourth-order valence-corrected chi connectivity index (χ4v) is 2.63. The highest BCUT2D eigenvalue weighted by molar-refractivity contribution is 5.92. The predicted octanol–water partition coefficient (Wildman–Crippen LogP) is 2.59. The highest BCUT2D eigenvalue weighted by Gasteiger charge is 2.31. The monoisotopic (exact) mass is 387 g/mol. The van der Waals surface area contributed by atoms with Crippen LogP contribution in [0.15, 0.2) is 28.8 Å². The maximum absolute atomic E-state index is 13.7. The fourth-order valence-electron chi connectivity index (χ4n) is 2.63. The number of carbonyl (C=O) groups is 1. The number of carbonyl (C=O) groups excluding carboxylic acids is 1. The minimum absolute atomic E-state index is 0.0226. The molecule has 0 aliphatic carbocycles. The van der Waals surface area contributed by atoms with Gasteiger partial charge < -0.3 is 14.6 Å². The first kappa shape index (κ1) is 19.3. The van der Waals surface area contributed by atoms with Crippen LogP contribution in [0.5, 0.6) is 0 Å². The van der Waals surface area contributed by atoms with Gasteiger partial charge in [0.1, 0.15) is 5.82 Å². The Labute approximate surface area is 152 Å². The molecule has 0 saturated carbocycles. The average molecular weight is 387 g/mol. The Hall–Kier alpha value is -2.46. The topological polar surface area (TPSA) is 67.6 Å². The summed E-state index contributed by atoms with van der Waals surface area (Å²) in [4.78, 5) is 14.2. The smallest absolute Gasteiger partial charge is 0.379 e. The molecule has 0 radical (unpaired) electrons. The number of alkyl halides is 3. The molecule has 27 heavy (non-hydrogen) atoms. The fraction of sp³-hybridized carbons (Fsp3) is 0.412. The van der Waals surface area contributed by atoms with Crippen LogP contribution in [-0.2, 0) is 24.0 Å². The molecule has 0 atom stereocenters. The van der Waals surface area contributed by atoms with Gasteiger partial charge in [-0.25, -0.2) is 4.39 Å². The first-order chi connectivity index (χ1) is 12.8. The summed E-state index contributed by atoms with van der Waals surface area (Å²) >= 11 is 0. The van der Waals surface area contributed by atoms with Crippen LogP contribution in [0, 0.1) is 5.82 Å². The second kappa shape index (κ2) is 8.05. The van der Waals surface area contributed by atoms with E-state index in [1.165, 1.54) is 6.07 Å². The molecule has 0 unspecified atom stereocenters. The molecule has 1 N–H and O–H groups in total. The van der Waals surface area contributed by atoms with Gasteiger partial charge in [0, 0.05) is 31.3 Å². The summed E-state index contributed by atoms with van der Waals surface area (Å²) in [6.07, 6.45) is -4.59. The number of halogens is 4. The number of aromatic nitrogens is 1. The quantitative estimate of drug-likeness (QED) is 0.799. The molecule has 1 aliphatic rings.